The molecule has 125 valence electrons. The zero-order chi connectivity index (χ0) is 13.5. The molecule has 0 saturated heterocycles. The molecule has 0 aromatic carbocycles. The van der Waals surface area contributed by atoms with Crippen LogP contribution in [0.5, 0.6) is 0 Å². The second kappa shape index (κ2) is 21.6. The first-order valence-corrected chi connectivity index (χ1v) is 6.57. The van der Waals surface area contributed by atoms with Crippen LogP contribution in [0.2, 0.25) is 0 Å². The van der Waals surface area contributed by atoms with Crippen molar-refractivity contribution in [2.24, 2.45) is 0 Å². The Labute approximate surface area is 159 Å². The minimum atomic E-state index is -5.39. The zero-order valence-electron chi connectivity index (χ0n) is 7.82. The second-order valence-corrected chi connectivity index (χ2v) is 4.02. The summed E-state index contributed by atoms with van der Waals surface area (Å²) in [6.45, 7) is 0. The molecule has 0 spiro atoms. The third-order valence-corrected chi connectivity index (χ3v) is 0. The van der Waals surface area contributed by atoms with Gasteiger partial charge in [-0.1, -0.05) is 0 Å². The van der Waals surface area contributed by atoms with Gasteiger partial charge in [-0.3, -0.25) is 0 Å². The fraction of sp³-hybridized carbons (Fsp3) is 0. The predicted molar refractivity (Wildman–Crippen MR) is 39.9 cm³/mol. The molecule has 12 nitrogen and oxygen atoms in total. The number of phosphoric acid groups is 3. The quantitative estimate of drug-likeness (QED) is 0.213. The Morgan fingerprint density at radius 1 is 0.450 bits per heavy atom. The maximum atomic E-state index is 8.55. The van der Waals surface area contributed by atoms with Crippen molar-refractivity contribution < 1.29 is 108 Å². The van der Waals surface area contributed by atoms with Crippen LogP contribution in [0.15, 0.2) is 0 Å². The topological polar surface area (TPSA) is 259 Å². The summed E-state index contributed by atoms with van der Waals surface area (Å²) in [6.07, 6.45) is 0. The molecule has 0 aromatic rings. The average Bonchev–Trinajstić information content (AvgIpc) is 1.41. The fourth-order valence-electron chi connectivity index (χ4n) is 0. The van der Waals surface area contributed by atoms with Crippen LogP contribution in [0.1, 0.15) is 0 Å². The smallest absolute Gasteiger partial charge is 0.822 e. The Morgan fingerprint density at radius 3 is 0.450 bits per heavy atom. The third-order valence-electron chi connectivity index (χ3n) is 0. The van der Waals surface area contributed by atoms with Gasteiger partial charge < -0.3 is 57.7 Å². The van der Waals surface area contributed by atoms with Gasteiger partial charge >= 0.3 is 67.7 Å². The van der Waals surface area contributed by atoms with E-state index < -0.39 is 23.5 Å². The molecule has 0 atom stereocenters. The van der Waals surface area contributed by atoms with E-state index in [0.29, 0.717) is 0 Å². The Bertz CT molecular complexity index is 220. The van der Waals surface area contributed by atoms with Gasteiger partial charge in [-0.15, -0.1) is 0 Å². The van der Waals surface area contributed by atoms with Gasteiger partial charge in [0, 0.05) is 0 Å². The summed E-state index contributed by atoms with van der Waals surface area (Å²) in [6, 6.07) is 0. The first-order chi connectivity index (χ1) is 6.00. The summed E-state index contributed by atoms with van der Waals surface area (Å²) in [4.78, 5) is 76.9. The van der Waals surface area contributed by atoms with Crippen LogP contribution in [0.4, 0.5) is 0 Å². The molecule has 20 heteroatoms. The summed E-state index contributed by atoms with van der Waals surface area (Å²) >= 11 is 0. The number of rotatable bonds is 0. The van der Waals surface area contributed by atoms with Gasteiger partial charge in [0.1, 0.15) is 0 Å². The normalized spacial score (nSPS) is 8.85. The van der Waals surface area contributed by atoms with E-state index in [1.165, 1.54) is 0 Å². The summed E-state index contributed by atoms with van der Waals surface area (Å²) in [7, 11) is -16.2. The SMILES string of the molecule is O=P([O-])([O-])[O-].O=P([O-])([O-])[O-].O=P([O-])([O-])[O-].[Al+3].[Co+2].[Co+2].[Co+2].[SiH4]. The van der Waals surface area contributed by atoms with Gasteiger partial charge in [0.05, 0.1) is 0 Å². The summed E-state index contributed by atoms with van der Waals surface area (Å²) in [5, 5.41) is 0. The molecule has 0 aliphatic heterocycles. The molecular weight excluding hydrogens is 517 g/mol. The van der Waals surface area contributed by atoms with Gasteiger partial charge in [0.25, 0.3) is 0 Å². The van der Waals surface area contributed by atoms with Gasteiger partial charge in [-0.25, -0.2) is 0 Å². The van der Waals surface area contributed by atoms with Crippen molar-refractivity contribution >= 4 is 51.8 Å². The Morgan fingerprint density at radius 2 is 0.450 bits per heavy atom. The molecule has 3 radical (unpaired) electrons. The minimum absolute atomic E-state index is 0. The molecule has 0 amide bonds. The molecule has 0 rings (SSSR count). The van der Waals surface area contributed by atoms with Crippen molar-refractivity contribution in [1.29, 1.82) is 0 Å². The van der Waals surface area contributed by atoms with E-state index in [1.807, 2.05) is 0 Å². The van der Waals surface area contributed by atoms with E-state index in [-0.39, 0.29) is 78.7 Å². The molecule has 0 fully saturated rings. The largest absolute Gasteiger partial charge is 3.00 e. The maximum Gasteiger partial charge on any atom is 3.00 e. The summed E-state index contributed by atoms with van der Waals surface area (Å²) in [5.41, 5.74) is 0. The van der Waals surface area contributed by atoms with Gasteiger partial charge in [0.15, 0.2) is 0 Å². The first kappa shape index (κ1) is 49.5. The van der Waals surface area contributed by atoms with Crippen LogP contribution in [0.25, 0.3) is 0 Å². The molecule has 0 heterocycles. The van der Waals surface area contributed by atoms with E-state index in [4.69, 9.17) is 57.7 Å². The Balaban J connectivity index is -0.0000000160. The predicted octanol–water partition coefficient (Wildman–Crippen LogP) is -10.3. The molecule has 0 saturated carbocycles. The molecule has 20 heavy (non-hydrogen) atoms. The van der Waals surface area contributed by atoms with Gasteiger partial charge in [-0.2, -0.15) is 23.5 Å². The fourth-order valence-corrected chi connectivity index (χ4v) is 0. The van der Waals surface area contributed by atoms with Crippen LogP contribution in [0.3, 0.4) is 0 Å². The molecule has 0 N–H and O–H groups in total. The molecule has 0 unspecified atom stereocenters. The number of hydrogen-bond acceptors (Lipinski definition) is 12. The minimum Gasteiger partial charge on any atom is -0.822 e. The summed E-state index contributed by atoms with van der Waals surface area (Å²) < 4.78 is 25.6. The van der Waals surface area contributed by atoms with E-state index in [2.05, 4.69) is 0 Å². The van der Waals surface area contributed by atoms with Crippen molar-refractivity contribution in [3.8, 4) is 0 Å². The molecule has 0 aromatic heterocycles. The van der Waals surface area contributed by atoms with Crippen molar-refractivity contribution in [2.75, 3.05) is 0 Å². The van der Waals surface area contributed by atoms with Crippen LogP contribution in [-0.2, 0) is 64.0 Å². The standard InChI is InChI=1S/Al.3Co.3H3O4P.H4Si/c;;;;3*1-5(2,3)4;/h;;;;3*(H3,1,2,3,4);1H4/q+3;3*+2;;;;/p-9. The Hall–Kier alpha value is 2.60. The van der Waals surface area contributed by atoms with E-state index in [1.54, 1.807) is 0 Å². The molecule has 0 aliphatic carbocycles. The number of hydrogen-bond donors (Lipinski definition) is 0. The third kappa shape index (κ3) is 1170. The molecule has 0 aliphatic rings. The van der Waals surface area contributed by atoms with Crippen LogP contribution >= 0.6 is 23.5 Å². The van der Waals surface area contributed by atoms with Crippen molar-refractivity contribution in [2.45, 2.75) is 0 Å². The molecule has 0 bridgehead atoms. The van der Waals surface area contributed by atoms with E-state index in [0.717, 1.165) is 0 Å². The van der Waals surface area contributed by atoms with Crippen LogP contribution in [0, 0.1) is 0 Å². The zero-order valence-corrected chi connectivity index (χ0v) is 14.8. The van der Waals surface area contributed by atoms with Crippen molar-refractivity contribution in [3.63, 3.8) is 0 Å². The maximum absolute atomic E-state index is 8.55. The van der Waals surface area contributed by atoms with E-state index >= 15 is 0 Å². The average molecular weight is 521 g/mol. The van der Waals surface area contributed by atoms with Crippen molar-refractivity contribution in [1.82, 2.24) is 0 Å². The van der Waals surface area contributed by atoms with Crippen LogP contribution < -0.4 is 44.0 Å². The second-order valence-electron chi connectivity index (χ2n) is 1.34. The van der Waals surface area contributed by atoms with Gasteiger partial charge in [0.2, 0.25) is 0 Å². The first-order valence-electron chi connectivity index (χ1n) is 2.19. The van der Waals surface area contributed by atoms with Crippen LogP contribution in [-0.4, -0.2) is 28.3 Å². The van der Waals surface area contributed by atoms with E-state index in [9.17, 15) is 0 Å². The Kier molecular flexibility index (Phi) is 53.4. The monoisotopic (exact) mass is 521 g/mol. The van der Waals surface area contributed by atoms with Crippen molar-refractivity contribution in [3.05, 3.63) is 0 Å². The van der Waals surface area contributed by atoms with Gasteiger partial charge in [-0.05, 0) is 11.0 Å². The summed E-state index contributed by atoms with van der Waals surface area (Å²) in [5.74, 6) is 0. The molecular formula is H4AlCo3O12P3Si.